The second-order valence-corrected chi connectivity index (χ2v) is 4.47. The molecule has 0 aliphatic carbocycles. The molecule has 0 spiro atoms. The lowest BCUT2D eigenvalue weighted by Crippen LogP contribution is -2.54. The van der Waals surface area contributed by atoms with Crippen LogP contribution in [-0.4, -0.2) is 48.3 Å². The molecule has 0 amide bonds. The van der Waals surface area contributed by atoms with Crippen LogP contribution in [0.5, 0.6) is 0 Å². The Hall–Kier alpha value is -0.120. The predicted molar refractivity (Wildman–Crippen MR) is 66.2 cm³/mol. The molecule has 0 fully saturated rings. The molecule has 0 saturated carbocycles. The molecular formula is C12H28N2O. The molecule has 0 aromatic heterocycles. The van der Waals surface area contributed by atoms with E-state index in [1.165, 1.54) is 12.8 Å². The summed E-state index contributed by atoms with van der Waals surface area (Å²) in [4.78, 5) is 2.41. The Morgan fingerprint density at radius 3 is 2.33 bits per heavy atom. The van der Waals surface area contributed by atoms with Gasteiger partial charge in [-0.3, -0.25) is 0 Å². The minimum atomic E-state index is -0.154. The van der Waals surface area contributed by atoms with Crippen molar-refractivity contribution in [3.8, 4) is 0 Å². The van der Waals surface area contributed by atoms with Gasteiger partial charge < -0.3 is 15.3 Å². The molecular weight excluding hydrogens is 188 g/mol. The molecule has 15 heavy (non-hydrogen) atoms. The Kier molecular flexibility index (Phi) is 8.02. The number of hydrogen-bond donors (Lipinski definition) is 2. The first-order chi connectivity index (χ1) is 7.11. The Morgan fingerprint density at radius 1 is 1.27 bits per heavy atom. The predicted octanol–water partition coefficient (Wildman–Crippen LogP) is 1.47. The maximum atomic E-state index is 9.40. The van der Waals surface area contributed by atoms with Crippen molar-refractivity contribution in [1.82, 2.24) is 10.2 Å². The fraction of sp³-hybridized carbons (Fsp3) is 1.00. The Bertz CT molecular complexity index is 153. The van der Waals surface area contributed by atoms with E-state index in [-0.39, 0.29) is 12.1 Å². The highest BCUT2D eigenvalue weighted by Crippen LogP contribution is 2.07. The second kappa shape index (κ2) is 8.08. The van der Waals surface area contributed by atoms with E-state index in [4.69, 9.17) is 0 Å². The van der Waals surface area contributed by atoms with E-state index in [9.17, 15) is 5.11 Å². The number of unbranched alkanes of at least 4 members (excludes halogenated alkanes) is 1. The molecule has 2 N–H and O–H groups in total. The zero-order chi connectivity index (χ0) is 11.7. The van der Waals surface area contributed by atoms with Crippen molar-refractivity contribution in [1.29, 1.82) is 0 Å². The average molecular weight is 216 g/mol. The third kappa shape index (κ3) is 6.13. The summed E-state index contributed by atoms with van der Waals surface area (Å²) in [5.74, 6) is 0. The van der Waals surface area contributed by atoms with Gasteiger partial charge in [0.2, 0.25) is 0 Å². The van der Waals surface area contributed by atoms with Crippen LogP contribution in [0.1, 0.15) is 40.5 Å². The number of nitrogens with one attached hydrogen (secondary N) is 1. The van der Waals surface area contributed by atoms with Crippen LogP contribution in [0.25, 0.3) is 0 Å². The number of aliphatic hydroxyl groups is 1. The zero-order valence-electron chi connectivity index (χ0n) is 10.8. The van der Waals surface area contributed by atoms with Crippen LogP contribution >= 0.6 is 0 Å². The molecule has 0 radical (unpaired) electrons. The van der Waals surface area contributed by atoms with Gasteiger partial charge >= 0.3 is 0 Å². The van der Waals surface area contributed by atoms with E-state index < -0.39 is 0 Å². The number of nitrogens with zero attached hydrogens (tertiary/aromatic N) is 1. The Labute approximate surface area is 94.9 Å². The van der Waals surface area contributed by atoms with Crippen molar-refractivity contribution in [3.63, 3.8) is 0 Å². The van der Waals surface area contributed by atoms with Crippen LogP contribution in [0.15, 0.2) is 0 Å². The van der Waals surface area contributed by atoms with Gasteiger partial charge in [-0.15, -0.1) is 0 Å². The molecule has 0 aliphatic rings. The molecule has 0 rings (SSSR count). The summed E-state index contributed by atoms with van der Waals surface area (Å²) in [5.41, 5.74) is -0.154. The highest BCUT2D eigenvalue weighted by Gasteiger charge is 2.24. The quantitative estimate of drug-likeness (QED) is 0.612. The molecule has 0 aromatic carbocycles. The van der Waals surface area contributed by atoms with Crippen LogP contribution in [0.2, 0.25) is 0 Å². The van der Waals surface area contributed by atoms with Crippen molar-refractivity contribution in [3.05, 3.63) is 0 Å². The summed E-state index contributed by atoms with van der Waals surface area (Å²) >= 11 is 0. The van der Waals surface area contributed by atoms with Gasteiger partial charge in [0, 0.05) is 6.54 Å². The van der Waals surface area contributed by atoms with Crippen LogP contribution in [0, 0.1) is 0 Å². The minimum Gasteiger partial charge on any atom is -0.394 e. The van der Waals surface area contributed by atoms with E-state index >= 15 is 0 Å². The number of likely N-dealkylation sites (N-methyl/N-ethyl adjacent to an activating group) is 2. The topological polar surface area (TPSA) is 35.5 Å². The van der Waals surface area contributed by atoms with Crippen molar-refractivity contribution in [2.24, 2.45) is 0 Å². The van der Waals surface area contributed by atoms with Gasteiger partial charge in [-0.05, 0) is 33.0 Å². The lowest BCUT2D eigenvalue weighted by Gasteiger charge is -2.34. The molecule has 92 valence electrons. The summed E-state index contributed by atoms with van der Waals surface area (Å²) in [6.45, 7) is 12.8. The molecule has 0 heterocycles. The normalized spacial score (nSPS) is 15.6. The highest BCUT2D eigenvalue weighted by molar-refractivity contribution is 4.85. The summed E-state index contributed by atoms with van der Waals surface area (Å²) in [6, 6.07) is 0. The fourth-order valence-electron chi connectivity index (χ4n) is 1.81. The van der Waals surface area contributed by atoms with E-state index in [1.807, 2.05) is 0 Å². The lowest BCUT2D eigenvalue weighted by molar-refractivity contribution is 0.123. The minimum absolute atomic E-state index is 0.154. The van der Waals surface area contributed by atoms with Gasteiger partial charge in [0.25, 0.3) is 0 Å². The van der Waals surface area contributed by atoms with Crippen molar-refractivity contribution < 1.29 is 5.11 Å². The number of aliphatic hydroxyl groups excluding tert-OH is 1. The fourth-order valence-corrected chi connectivity index (χ4v) is 1.81. The maximum Gasteiger partial charge on any atom is 0.0623 e. The van der Waals surface area contributed by atoms with Crippen LogP contribution in [0.3, 0.4) is 0 Å². The molecule has 1 unspecified atom stereocenters. The highest BCUT2D eigenvalue weighted by atomic mass is 16.3. The van der Waals surface area contributed by atoms with Gasteiger partial charge in [0.05, 0.1) is 12.1 Å². The van der Waals surface area contributed by atoms with E-state index in [0.29, 0.717) is 0 Å². The monoisotopic (exact) mass is 216 g/mol. The summed E-state index contributed by atoms with van der Waals surface area (Å²) in [5, 5.41) is 12.8. The molecule has 0 bridgehead atoms. The van der Waals surface area contributed by atoms with Gasteiger partial charge in [0.15, 0.2) is 0 Å². The van der Waals surface area contributed by atoms with Gasteiger partial charge in [-0.2, -0.15) is 0 Å². The first kappa shape index (κ1) is 14.9. The number of rotatable bonds is 9. The molecule has 1 atom stereocenters. The van der Waals surface area contributed by atoms with Crippen LogP contribution < -0.4 is 5.32 Å². The lowest BCUT2D eigenvalue weighted by atomic mass is 10.0. The Morgan fingerprint density at radius 2 is 1.93 bits per heavy atom. The third-order valence-corrected chi connectivity index (χ3v) is 2.80. The van der Waals surface area contributed by atoms with E-state index in [1.54, 1.807) is 0 Å². The van der Waals surface area contributed by atoms with Gasteiger partial charge in [0.1, 0.15) is 0 Å². The van der Waals surface area contributed by atoms with E-state index in [0.717, 1.165) is 26.2 Å². The standard InChI is InChI=1S/C12H28N2O/c1-5-8-9-14(7-3)10-12(4,11-15)13-6-2/h13,15H,5-11H2,1-4H3. The van der Waals surface area contributed by atoms with E-state index in [2.05, 4.69) is 37.9 Å². The zero-order valence-corrected chi connectivity index (χ0v) is 10.8. The van der Waals surface area contributed by atoms with Crippen molar-refractivity contribution in [2.45, 2.75) is 46.1 Å². The van der Waals surface area contributed by atoms with Crippen LogP contribution in [0.4, 0.5) is 0 Å². The summed E-state index contributed by atoms with van der Waals surface area (Å²) in [7, 11) is 0. The smallest absolute Gasteiger partial charge is 0.0623 e. The maximum absolute atomic E-state index is 9.40. The SMILES string of the molecule is CCCCN(CC)CC(C)(CO)NCC. The molecule has 0 aromatic rings. The Balaban J connectivity index is 4.09. The first-order valence-electron chi connectivity index (χ1n) is 6.20. The largest absolute Gasteiger partial charge is 0.394 e. The average Bonchev–Trinajstić information content (AvgIpc) is 2.24. The molecule has 3 nitrogen and oxygen atoms in total. The number of hydrogen-bond acceptors (Lipinski definition) is 3. The van der Waals surface area contributed by atoms with Crippen molar-refractivity contribution in [2.75, 3.05) is 32.8 Å². The van der Waals surface area contributed by atoms with Crippen LogP contribution in [-0.2, 0) is 0 Å². The molecule has 3 heteroatoms. The van der Waals surface area contributed by atoms with Crippen molar-refractivity contribution >= 4 is 0 Å². The molecule has 0 aliphatic heterocycles. The third-order valence-electron chi connectivity index (χ3n) is 2.80. The summed E-state index contributed by atoms with van der Waals surface area (Å²) < 4.78 is 0. The molecule has 0 saturated heterocycles. The first-order valence-corrected chi connectivity index (χ1v) is 6.20. The second-order valence-electron chi connectivity index (χ2n) is 4.47. The summed E-state index contributed by atoms with van der Waals surface area (Å²) in [6.07, 6.45) is 2.47. The van der Waals surface area contributed by atoms with Gasteiger partial charge in [-0.25, -0.2) is 0 Å². The van der Waals surface area contributed by atoms with Gasteiger partial charge in [-0.1, -0.05) is 27.2 Å².